The number of guanidine groups is 2. The van der Waals surface area contributed by atoms with Crippen molar-refractivity contribution in [1.29, 1.82) is 10.8 Å². The highest BCUT2D eigenvalue weighted by Gasteiger charge is 2.72. The van der Waals surface area contributed by atoms with Crippen molar-refractivity contribution >= 4 is 11.9 Å². The fraction of sp³-hybridized carbons (Fsp3) is 0.800. The lowest BCUT2D eigenvalue weighted by Gasteiger charge is -2.51. The van der Waals surface area contributed by atoms with Gasteiger partial charge in [-0.3, -0.25) is 10.8 Å². The van der Waals surface area contributed by atoms with Crippen LogP contribution in [0.5, 0.6) is 0 Å². The molecule has 9 heteroatoms. The SMILES string of the molecule is C[C@H]1CC(O)(O)[C@]23NC(=N)N[C@H]2[C@H](CO)NC(=N)N13. The van der Waals surface area contributed by atoms with Gasteiger partial charge in [-0.25, -0.2) is 0 Å². The van der Waals surface area contributed by atoms with Crippen molar-refractivity contribution in [2.75, 3.05) is 6.61 Å². The third-order valence-electron chi connectivity index (χ3n) is 4.24. The third kappa shape index (κ3) is 1.29. The molecule has 0 bridgehead atoms. The fourth-order valence-corrected chi connectivity index (χ4v) is 3.59. The van der Waals surface area contributed by atoms with E-state index in [1.165, 1.54) is 4.90 Å². The fourth-order valence-electron chi connectivity index (χ4n) is 3.59. The first kappa shape index (κ1) is 12.5. The summed E-state index contributed by atoms with van der Waals surface area (Å²) in [5.74, 6) is -2.14. The Morgan fingerprint density at radius 2 is 2.05 bits per heavy atom. The maximum atomic E-state index is 10.4. The summed E-state index contributed by atoms with van der Waals surface area (Å²) in [7, 11) is 0. The summed E-state index contributed by atoms with van der Waals surface area (Å²) in [6, 6.07) is -1.49. The smallest absolute Gasteiger partial charge is 0.210 e. The molecule has 0 aromatic heterocycles. The zero-order valence-electron chi connectivity index (χ0n) is 10.4. The Balaban J connectivity index is 2.15. The molecule has 3 saturated heterocycles. The van der Waals surface area contributed by atoms with E-state index >= 15 is 0 Å². The summed E-state index contributed by atoms with van der Waals surface area (Å²) in [6.07, 6.45) is 0.0493. The molecule has 0 amide bonds. The van der Waals surface area contributed by atoms with E-state index in [9.17, 15) is 15.3 Å². The lowest BCUT2D eigenvalue weighted by Crippen LogP contribution is -2.80. The second-order valence-corrected chi connectivity index (χ2v) is 5.41. The number of hydrogen-bond donors (Lipinski definition) is 8. The molecule has 4 atom stereocenters. The zero-order chi connectivity index (χ0) is 14.0. The van der Waals surface area contributed by atoms with Gasteiger partial charge in [-0.2, -0.15) is 0 Å². The second-order valence-electron chi connectivity index (χ2n) is 5.41. The number of rotatable bonds is 1. The molecule has 0 unspecified atom stereocenters. The lowest BCUT2D eigenvalue weighted by atomic mass is 9.86. The van der Waals surface area contributed by atoms with Crippen LogP contribution in [0.1, 0.15) is 13.3 Å². The number of aliphatic hydroxyl groups is 3. The van der Waals surface area contributed by atoms with Crippen LogP contribution in [0.25, 0.3) is 0 Å². The summed E-state index contributed by atoms with van der Waals surface area (Å²) in [6.45, 7) is 1.50. The molecule has 3 aliphatic rings. The first-order valence-electron chi connectivity index (χ1n) is 6.17. The average molecular weight is 270 g/mol. The van der Waals surface area contributed by atoms with Gasteiger partial charge < -0.3 is 36.2 Å². The Morgan fingerprint density at radius 3 is 2.68 bits per heavy atom. The first-order chi connectivity index (χ1) is 8.83. The van der Waals surface area contributed by atoms with Crippen molar-refractivity contribution in [3.63, 3.8) is 0 Å². The minimum absolute atomic E-state index is 0.0109. The standard InChI is InChI=1S/C10H18N6O3/c1-4-2-9(18,19)10-6(14-7(11)15-10)5(3-17)13-8(12)16(4)10/h4-6,17-19H,2-3H2,1H3,(H2,12,13)(H3,11,14,15)/t4-,5-,6-,10-/m0/s1. The van der Waals surface area contributed by atoms with Crippen LogP contribution in [0.3, 0.4) is 0 Å². The van der Waals surface area contributed by atoms with E-state index in [2.05, 4.69) is 16.0 Å². The molecule has 1 spiro atoms. The number of nitrogens with one attached hydrogen (secondary N) is 5. The number of aliphatic hydroxyl groups excluding tert-OH is 1. The lowest BCUT2D eigenvalue weighted by molar-refractivity contribution is -0.223. The Kier molecular flexibility index (Phi) is 2.29. The minimum Gasteiger partial charge on any atom is -0.394 e. The van der Waals surface area contributed by atoms with Crippen molar-refractivity contribution < 1.29 is 15.3 Å². The molecule has 8 N–H and O–H groups in total. The van der Waals surface area contributed by atoms with E-state index in [1.807, 2.05) is 0 Å². The minimum atomic E-state index is -2.10. The maximum Gasteiger partial charge on any atom is 0.210 e. The molecule has 3 aliphatic heterocycles. The zero-order valence-corrected chi connectivity index (χ0v) is 10.4. The van der Waals surface area contributed by atoms with Crippen molar-refractivity contribution in [3.8, 4) is 0 Å². The van der Waals surface area contributed by atoms with Gasteiger partial charge in [0.2, 0.25) is 5.79 Å². The topological polar surface area (TPSA) is 148 Å². The first-order valence-corrected chi connectivity index (χ1v) is 6.17. The Labute approximate surface area is 109 Å². The summed E-state index contributed by atoms with van der Waals surface area (Å²) < 4.78 is 0. The molecular weight excluding hydrogens is 252 g/mol. The largest absolute Gasteiger partial charge is 0.394 e. The summed E-state index contributed by atoms with van der Waals surface area (Å²) in [4.78, 5) is 1.53. The molecule has 9 nitrogen and oxygen atoms in total. The second kappa shape index (κ2) is 3.50. The van der Waals surface area contributed by atoms with Crippen molar-refractivity contribution in [2.45, 2.75) is 42.9 Å². The molecule has 3 heterocycles. The normalized spacial score (nSPS) is 43.2. The van der Waals surface area contributed by atoms with Gasteiger partial charge in [0, 0.05) is 12.5 Å². The molecule has 0 aliphatic carbocycles. The van der Waals surface area contributed by atoms with Gasteiger partial charge in [-0.1, -0.05) is 0 Å². The van der Waals surface area contributed by atoms with Gasteiger partial charge in [0.25, 0.3) is 0 Å². The summed E-state index contributed by atoms with van der Waals surface area (Å²) in [5.41, 5.74) is -1.40. The molecule has 0 saturated carbocycles. The van der Waals surface area contributed by atoms with Gasteiger partial charge in [-0.05, 0) is 6.92 Å². The van der Waals surface area contributed by atoms with Crippen LogP contribution in [0.15, 0.2) is 0 Å². The van der Waals surface area contributed by atoms with E-state index < -0.39 is 23.5 Å². The predicted octanol–water partition coefficient (Wildman–Crippen LogP) is -3.15. The van der Waals surface area contributed by atoms with Crippen LogP contribution in [0.2, 0.25) is 0 Å². The molecule has 3 rings (SSSR count). The van der Waals surface area contributed by atoms with Crippen molar-refractivity contribution in [1.82, 2.24) is 20.9 Å². The van der Waals surface area contributed by atoms with Gasteiger partial charge >= 0.3 is 0 Å². The average Bonchev–Trinajstić information content (AvgIpc) is 2.73. The van der Waals surface area contributed by atoms with Gasteiger partial charge in [0.1, 0.15) is 0 Å². The van der Waals surface area contributed by atoms with Crippen LogP contribution >= 0.6 is 0 Å². The molecule has 0 aromatic rings. The van der Waals surface area contributed by atoms with E-state index in [1.54, 1.807) is 6.92 Å². The molecular formula is C10H18N6O3. The molecule has 19 heavy (non-hydrogen) atoms. The Morgan fingerprint density at radius 1 is 1.37 bits per heavy atom. The van der Waals surface area contributed by atoms with Gasteiger partial charge in [0.05, 0.1) is 18.7 Å². The predicted molar refractivity (Wildman–Crippen MR) is 65.3 cm³/mol. The Hall–Kier alpha value is -1.58. The monoisotopic (exact) mass is 270 g/mol. The highest BCUT2D eigenvalue weighted by molar-refractivity contribution is 5.87. The molecule has 3 fully saturated rings. The molecule has 0 radical (unpaired) electrons. The molecule has 106 valence electrons. The third-order valence-corrected chi connectivity index (χ3v) is 4.24. The molecule has 0 aromatic carbocycles. The summed E-state index contributed by atoms with van der Waals surface area (Å²) >= 11 is 0. The number of nitrogens with zero attached hydrogens (tertiary/aromatic N) is 1. The Bertz CT molecular complexity index is 455. The van der Waals surface area contributed by atoms with E-state index in [0.29, 0.717) is 0 Å². The van der Waals surface area contributed by atoms with Crippen LogP contribution in [-0.4, -0.2) is 68.3 Å². The van der Waals surface area contributed by atoms with E-state index in [0.717, 1.165) is 0 Å². The van der Waals surface area contributed by atoms with Crippen molar-refractivity contribution in [2.24, 2.45) is 0 Å². The van der Waals surface area contributed by atoms with E-state index in [-0.39, 0.29) is 31.0 Å². The highest BCUT2D eigenvalue weighted by atomic mass is 16.5. The van der Waals surface area contributed by atoms with Gasteiger partial charge in [0.15, 0.2) is 17.6 Å². The van der Waals surface area contributed by atoms with Crippen LogP contribution in [0, 0.1) is 10.8 Å². The van der Waals surface area contributed by atoms with Crippen LogP contribution in [0.4, 0.5) is 0 Å². The van der Waals surface area contributed by atoms with Crippen LogP contribution < -0.4 is 16.0 Å². The maximum absolute atomic E-state index is 10.4. The number of hydrogen-bond acceptors (Lipinski definition) is 5. The van der Waals surface area contributed by atoms with E-state index in [4.69, 9.17) is 10.8 Å². The van der Waals surface area contributed by atoms with Crippen molar-refractivity contribution in [3.05, 3.63) is 0 Å². The summed E-state index contributed by atoms with van der Waals surface area (Å²) in [5, 5.41) is 54.3. The van der Waals surface area contributed by atoms with Gasteiger partial charge in [-0.15, -0.1) is 0 Å². The highest BCUT2D eigenvalue weighted by Crippen LogP contribution is 2.45. The van der Waals surface area contributed by atoms with Crippen LogP contribution in [-0.2, 0) is 0 Å². The quantitative estimate of drug-likeness (QED) is 0.235.